The Hall–Kier alpha value is -3.94. The molecule has 3 heterocycles. The van der Waals surface area contributed by atoms with Crippen LogP contribution < -0.4 is 11.2 Å². The van der Waals surface area contributed by atoms with Crippen molar-refractivity contribution in [2.24, 2.45) is 0 Å². The summed E-state index contributed by atoms with van der Waals surface area (Å²) < 4.78 is 41.7. The monoisotopic (exact) mass is 517 g/mol. The summed E-state index contributed by atoms with van der Waals surface area (Å²) in [7, 11) is 0. The lowest BCUT2D eigenvalue weighted by atomic mass is 10.00. The fraction of sp³-hybridized carbons (Fsp3) is 0.0870. The second-order valence-electron chi connectivity index (χ2n) is 7.15. The van der Waals surface area contributed by atoms with Gasteiger partial charge >= 0.3 is 5.69 Å². The number of aromatic nitrogens is 4. The molecule has 12 heteroatoms. The van der Waals surface area contributed by atoms with Crippen LogP contribution in [0.2, 0.25) is 10.0 Å². The highest BCUT2D eigenvalue weighted by atomic mass is 35.5. The van der Waals surface area contributed by atoms with Crippen LogP contribution in [0.25, 0.3) is 28.1 Å². The van der Waals surface area contributed by atoms with Gasteiger partial charge in [0.1, 0.15) is 18.1 Å². The number of hydrogen-bond acceptors (Lipinski definition) is 5. The Bertz CT molecular complexity index is 1600. The number of halogens is 5. The number of pyridine rings is 2. The number of benzene rings is 1. The Labute approximate surface area is 205 Å². The van der Waals surface area contributed by atoms with Crippen molar-refractivity contribution in [1.82, 2.24) is 19.1 Å². The van der Waals surface area contributed by atoms with Gasteiger partial charge in [-0.25, -0.2) is 22.5 Å². The Morgan fingerprint density at radius 1 is 1.03 bits per heavy atom. The molecule has 4 rings (SSSR count). The molecule has 3 aromatic heterocycles. The van der Waals surface area contributed by atoms with Gasteiger partial charge in [-0.15, -0.1) is 0 Å². The van der Waals surface area contributed by atoms with Crippen LogP contribution in [0.4, 0.5) is 13.2 Å². The van der Waals surface area contributed by atoms with Gasteiger partial charge in [-0.2, -0.15) is 5.26 Å². The van der Waals surface area contributed by atoms with Crippen LogP contribution in [0, 0.1) is 17.1 Å². The van der Waals surface area contributed by atoms with Crippen LogP contribution in [0.15, 0.2) is 64.6 Å². The second-order valence-corrected chi connectivity index (χ2v) is 8.00. The van der Waals surface area contributed by atoms with Crippen molar-refractivity contribution in [3.05, 3.63) is 97.4 Å². The van der Waals surface area contributed by atoms with Gasteiger partial charge in [0.15, 0.2) is 0 Å². The fourth-order valence-corrected chi connectivity index (χ4v) is 3.85. The molecule has 0 saturated carbocycles. The Kier molecular flexibility index (Phi) is 6.73. The molecule has 7 nitrogen and oxygen atoms in total. The lowest BCUT2D eigenvalue weighted by Crippen LogP contribution is -2.40. The predicted octanol–water partition coefficient (Wildman–Crippen LogP) is 5.03. The zero-order chi connectivity index (χ0) is 25.3. The van der Waals surface area contributed by atoms with Crippen molar-refractivity contribution >= 4 is 23.2 Å². The highest BCUT2D eigenvalue weighted by molar-refractivity contribution is 6.31. The minimum Gasteiger partial charge on any atom is -0.278 e. The third-order valence-electron chi connectivity index (χ3n) is 5.01. The summed E-state index contributed by atoms with van der Waals surface area (Å²) in [6, 6.07) is 8.94. The van der Waals surface area contributed by atoms with Crippen molar-refractivity contribution in [2.45, 2.75) is 13.0 Å². The van der Waals surface area contributed by atoms with Crippen LogP contribution >= 0.6 is 23.2 Å². The highest BCUT2D eigenvalue weighted by Gasteiger charge is 2.24. The van der Waals surface area contributed by atoms with Gasteiger partial charge in [-0.05, 0) is 35.9 Å². The third-order valence-corrected chi connectivity index (χ3v) is 5.51. The van der Waals surface area contributed by atoms with Gasteiger partial charge in [-0.1, -0.05) is 29.3 Å². The summed E-state index contributed by atoms with van der Waals surface area (Å²) >= 11 is 11.9. The van der Waals surface area contributed by atoms with E-state index in [1.807, 2.05) is 6.07 Å². The number of nitrogens with zero attached hydrogens (tertiary/aromatic N) is 5. The summed E-state index contributed by atoms with van der Waals surface area (Å²) in [6.07, 6.45) is 0.744. The minimum atomic E-state index is -2.84. The van der Waals surface area contributed by atoms with Crippen LogP contribution in [0.5, 0.6) is 0 Å². The summed E-state index contributed by atoms with van der Waals surface area (Å²) in [5.41, 5.74) is -2.28. The Balaban J connectivity index is 2.17. The molecule has 0 amide bonds. The van der Waals surface area contributed by atoms with E-state index in [4.69, 9.17) is 23.2 Å². The molecule has 0 aliphatic rings. The van der Waals surface area contributed by atoms with E-state index in [1.165, 1.54) is 36.7 Å². The maximum absolute atomic E-state index is 13.9. The van der Waals surface area contributed by atoms with Crippen molar-refractivity contribution in [2.75, 3.05) is 0 Å². The van der Waals surface area contributed by atoms with Crippen molar-refractivity contribution < 1.29 is 13.2 Å². The molecule has 0 radical (unpaired) electrons. The number of hydrogen-bond donors (Lipinski definition) is 0. The average Bonchev–Trinajstić information content (AvgIpc) is 2.83. The lowest BCUT2D eigenvalue weighted by Gasteiger charge is -2.18. The van der Waals surface area contributed by atoms with Crippen LogP contribution in [-0.2, 0) is 6.54 Å². The quantitative estimate of drug-likeness (QED) is 0.370. The summed E-state index contributed by atoms with van der Waals surface area (Å²) in [5, 5.41) is 9.28. The van der Waals surface area contributed by atoms with Crippen molar-refractivity contribution in [3.63, 3.8) is 0 Å². The molecule has 1 aromatic carbocycles. The Morgan fingerprint density at radius 3 is 2.37 bits per heavy atom. The first-order valence-electron chi connectivity index (χ1n) is 9.80. The van der Waals surface area contributed by atoms with Gasteiger partial charge < -0.3 is 0 Å². The zero-order valence-electron chi connectivity index (χ0n) is 17.4. The van der Waals surface area contributed by atoms with Gasteiger partial charge in [-0.3, -0.25) is 19.3 Å². The summed E-state index contributed by atoms with van der Waals surface area (Å²) in [6.45, 7) is -0.513. The van der Waals surface area contributed by atoms with Gasteiger partial charge in [0, 0.05) is 18.0 Å². The van der Waals surface area contributed by atoms with E-state index in [-0.39, 0.29) is 38.1 Å². The standard InChI is InChI=1S/C23H12Cl2F3N5O2/c24-14-8-15(11-30-10-14)33-22(34)19(12-1-3-17(26)16(25)7-12)20(32(6-5-29)23(33)35)13-2-4-18(21(27)28)31-9-13/h1-4,7-11,21H,6H2. The van der Waals surface area contributed by atoms with Crippen LogP contribution in [-0.4, -0.2) is 19.1 Å². The normalized spacial score (nSPS) is 11.0. The van der Waals surface area contributed by atoms with Crippen molar-refractivity contribution in [1.29, 1.82) is 5.26 Å². The molecule has 0 aliphatic carbocycles. The SMILES string of the molecule is N#CCn1c(-c2ccc(C(F)F)nc2)c(-c2ccc(F)c(Cl)c2)c(=O)n(-c2cncc(Cl)c2)c1=O. The number of rotatable bonds is 5. The number of nitriles is 1. The zero-order valence-corrected chi connectivity index (χ0v) is 18.9. The van der Waals surface area contributed by atoms with E-state index >= 15 is 0 Å². The van der Waals surface area contributed by atoms with E-state index in [2.05, 4.69) is 9.97 Å². The molecular formula is C23H12Cl2F3N5O2. The van der Waals surface area contributed by atoms with E-state index in [9.17, 15) is 28.0 Å². The molecule has 0 N–H and O–H groups in total. The number of alkyl halides is 2. The lowest BCUT2D eigenvalue weighted by molar-refractivity contribution is 0.146. The maximum atomic E-state index is 13.9. The molecule has 0 saturated heterocycles. The third kappa shape index (κ3) is 4.56. The first-order valence-corrected chi connectivity index (χ1v) is 10.6. The smallest absolute Gasteiger partial charge is 0.278 e. The highest BCUT2D eigenvalue weighted by Crippen LogP contribution is 2.32. The molecule has 35 heavy (non-hydrogen) atoms. The molecule has 176 valence electrons. The minimum absolute atomic E-state index is 0.0198. The molecule has 0 fully saturated rings. The topological polar surface area (TPSA) is 93.6 Å². The van der Waals surface area contributed by atoms with Gasteiger partial charge in [0.25, 0.3) is 12.0 Å². The predicted molar refractivity (Wildman–Crippen MR) is 123 cm³/mol. The first kappa shape index (κ1) is 24.2. The second kappa shape index (κ2) is 9.74. The molecule has 4 aromatic rings. The molecule has 0 aliphatic heterocycles. The van der Waals surface area contributed by atoms with E-state index in [0.29, 0.717) is 0 Å². The molecule has 0 unspecified atom stereocenters. The van der Waals surface area contributed by atoms with Gasteiger partial charge in [0.2, 0.25) is 0 Å². The molecule has 0 bridgehead atoms. The molecular weight excluding hydrogens is 506 g/mol. The van der Waals surface area contributed by atoms with Crippen LogP contribution in [0.3, 0.4) is 0 Å². The van der Waals surface area contributed by atoms with E-state index in [1.54, 1.807) is 0 Å². The molecule has 0 spiro atoms. The first-order chi connectivity index (χ1) is 16.7. The van der Waals surface area contributed by atoms with Crippen LogP contribution in [0.1, 0.15) is 12.1 Å². The molecule has 0 atom stereocenters. The summed E-state index contributed by atoms with van der Waals surface area (Å²) in [4.78, 5) is 34.8. The fourth-order valence-electron chi connectivity index (χ4n) is 3.51. The average molecular weight is 518 g/mol. The van der Waals surface area contributed by atoms with E-state index < -0.39 is 35.7 Å². The van der Waals surface area contributed by atoms with Gasteiger partial charge in [0.05, 0.1) is 39.3 Å². The Morgan fingerprint density at radius 2 is 1.77 bits per heavy atom. The summed E-state index contributed by atoms with van der Waals surface area (Å²) in [5.74, 6) is -0.746. The maximum Gasteiger partial charge on any atom is 0.337 e. The van der Waals surface area contributed by atoms with E-state index in [0.717, 1.165) is 27.5 Å². The largest absolute Gasteiger partial charge is 0.337 e. The van der Waals surface area contributed by atoms with Crippen molar-refractivity contribution in [3.8, 4) is 34.1 Å².